The van der Waals surface area contributed by atoms with Gasteiger partial charge in [0.1, 0.15) is 0 Å². The SMILES string of the molecule is CN(C)CC1CCCN1CCCC(C)(C)C#N. The molecular formula is C14H27N3. The molecule has 98 valence electrons. The molecule has 1 atom stereocenters. The largest absolute Gasteiger partial charge is 0.308 e. The van der Waals surface area contributed by atoms with Crippen molar-refractivity contribution >= 4 is 0 Å². The summed E-state index contributed by atoms with van der Waals surface area (Å²) in [5, 5.41) is 8.99. The lowest BCUT2D eigenvalue weighted by atomic mass is 9.90. The van der Waals surface area contributed by atoms with Crippen LogP contribution in [0.1, 0.15) is 39.5 Å². The Morgan fingerprint density at radius 3 is 2.71 bits per heavy atom. The molecule has 0 bridgehead atoms. The predicted octanol–water partition coefficient (Wildman–Crippen LogP) is 2.34. The minimum atomic E-state index is -0.156. The van der Waals surface area contributed by atoms with Gasteiger partial charge in [-0.1, -0.05) is 0 Å². The van der Waals surface area contributed by atoms with E-state index in [1.807, 2.05) is 13.8 Å². The number of rotatable bonds is 6. The highest BCUT2D eigenvalue weighted by Gasteiger charge is 2.25. The van der Waals surface area contributed by atoms with Crippen LogP contribution in [0.4, 0.5) is 0 Å². The summed E-state index contributed by atoms with van der Waals surface area (Å²) in [5.74, 6) is 0. The monoisotopic (exact) mass is 237 g/mol. The summed E-state index contributed by atoms with van der Waals surface area (Å²) in [4.78, 5) is 4.88. The molecule has 0 saturated carbocycles. The van der Waals surface area contributed by atoms with Crippen molar-refractivity contribution in [3.8, 4) is 6.07 Å². The predicted molar refractivity (Wildman–Crippen MR) is 71.8 cm³/mol. The second kappa shape index (κ2) is 6.37. The second-order valence-corrected chi connectivity index (χ2v) is 6.19. The van der Waals surface area contributed by atoms with E-state index >= 15 is 0 Å². The zero-order valence-corrected chi connectivity index (χ0v) is 11.9. The molecule has 3 heteroatoms. The van der Waals surface area contributed by atoms with Gasteiger partial charge in [0.15, 0.2) is 0 Å². The number of nitriles is 1. The fraction of sp³-hybridized carbons (Fsp3) is 0.929. The lowest BCUT2D eigenvalue weighted by molar-refractivity contribution is 0.199. The molecule has 17 heavy (non-hydrogen) atoms. The maximum atomic E-state index is 8.99. The van der Waals surface area contributed by atoms with E-state index in [9.17, 15) is 0 Å². The van der Waals surface area contributed by atoms with E-state index in [0.717, 1.165) is 25.4 Å². The van der Waals surface area contributed by atoms with Gasteiger partial charge in [0.2, 0.25) is 0 Å². The van der Waals surface area contributed by atoms with Gasteiger partial charge in [-0.3, -0.25) is 4.90 Å². The average molecular weight is 237 g/mol. The lowest BCUT2D eigenvalue weighted by Gasteiger charge is -2.27. The van der Waals surface area contributed by atoms with Gasteiger partial charge >= 0.3 is 0 Å². The van der Waals surface area contributed by atoms with Gasteiger partial charge in [-0.25, -0.2) is 0 Å². The molecule has 0 aromatic carbocycles. The van der Waals surface area contributed by atoms with Crippen molar-refractivity contribution in [1.29, 1.82) is 5.26 Å². The van der Waals surface area contributed by atoms with Crippen LogP contribution in [0.15, 0.2) is 0 Å². The smallest absolute Gasteiger partial charge is 0.0683 e. The fourth-order valence-corrected chi connectivity index (χ4v) is 2.60. The third kappa shape index (κ3) is 5.06. The minimum absolute atomic E-state index is 0.156. The molecule has 0 spiro atoms. The second-order valence-electron chi connectivity index (χ2n) is 6.19. The Hall–Kier alpha value is -0.590. The summed E-state index contributed by atoms with van der Waals surface area (Å²) < 4.78 is 0. The van der Waals surface area contributed by atoms with Gasteiger partial charge in [-0.15, -0.1) is 0 Å². The molecule has 1 rings (SSSR count). The summed E-state index contributed by atoms with van der Waals surface area (Å²) in [6, 6.07) is 3.12. The average Bonchev–Trinajstić information content (AvgIpc) is 2.65. The number of likely N-dealkylation sites (tertiary alicyclic amines) is 1. The van der Waals surface area contributed by atoms with Gasteiger partial charge in [-0.2, -0.15) is 5.26 Å². The van der Waals surface area contributed by atoms with Crippen molar-refractivity contribution in [3.05, 3.63) is 0 Å². The van der Waals surface area contributed by atoms with Crippen molar-refractivity contribution in [2.45, 2.75) is 45.6 Å². The summed E-state index contributed by atoms with van der Waals surface area (Å²) in [5.41, 5.74) is -0.156. The molecule has 0 aromatic heterocycles. The zero-order valence-electron chi connectivity index (χ0n) is 11.9. The van der Waals surface area contributed by atoms with Crippen molar-refractivity contribution in [2.75, 3.05) is 33.7 Å². The van der Waals surface area contributed by atoms with Crippen LogP contribution in [0, 0.1) is 16.7 Å². The first-order valence-corrected chi connectivity index (χ1v) is 6.74. The Labute approximate surface area is 106 Å². The molecule has 0 aliphatic carbocycles. The molecule has 0 aromatic rings. The summed E-state index contributed by atoms with van der Waals surface area (Å²) >= 11 is 0. The third-order valence-corrected chi connectivity index (χ3v) is 3.62. The van der Waals surface area contributed by atoms with E-state index in [1.54, 1.807) is 0 Å². The van der Waals surface area contributed by atoms with Gasteiger partial charge in [0.05, 0.1) is 11.5 Å². The summed E-state index contributed by atoms with van der Waals surface area (Å²) in [6.07, 6.45) is 4.82. The van der Waals surface area contributed by atoms with Crippen LogP contribution in [0.2, 0.25) is 0 Å². The van der Waals surface area contributed by atoms with Crippen molar-refractivity contribution in [2.24, 2.45) is 5.41 Å². The van der Waals surface area contributed by atoms with Crippen LogP contribution in [0.5, 0.6) is 0 Å². The van der Waals surface area contributed by atoms with Crippen molar-refractivity contribution in [1.82, 2.24) is 9.80 Å². The molecular weight excluding hydrogens is 210 g/mol. The van der Waals surface area contributed by atoms with Crippen LogP contribution in [-0.4, -0.2) is 49.6 Å². The highest BCUT2D eigenvalue weighted by Crippen LogP contribution is 2.23. The molecule has 1 aliphatic heterocycles. The molecule has 3 nitrogen and oxygen atoms in total. The van der Waals surface area contributed by atoms with Crippen LogP contribution < -0.4 is 0 Å². The Morgan fingerprint density at radius 2 is 2.12 bits per heavy atom. The molecule has 1 saturated heterocycles. The number of likely N-dealkylation sites (N-methyl/N-ethyl adjacent to an activating group) is 1. The highest BCUT2D eigenvalue weighted by atomic mass is 15.2. The third-order valence-electron chi connectivity index (χ3n) is 3.62. The maximum Gasteiger partial charge on any atom is 0.0683 e. The summed E-state index contributed by atoms with van der Waals surface area (Å²) in [7, 11) is 4.30. The van der Waals surface area contributed by atoms with E-state index < -0.39 is 0 Å². The first kappa shape index (κ1) is 14.5. The Kier molecular flexibility index (Phi) is 5.42. The van der Waals surface area contributed by atoms with E-state index in [2.05, 4.69) is 30.0 Å². The highest BCUT2D eigenvalue weighted by molar-refractivity contribution is 4.91. The number of hydrogen-bond donors (Lipinski definition) is 0. The molecule has 1 unspecified atom stereocenters. The van der Waals surface area contributed by atoms with Gasteiger partial charge in [-0.05, 0) is 66.7 Å². The van der Waals surface area contributed by atoms with E-state index in [-0.39, 0.29) is 5.41 Å². The van der Waals surface area contributed by atoms with Crippen molar-refractivity contribution < 1.29 is 0 Å². The molecule has 1 fully saturated rings. The van der Waals surface area contributed by atoms with E-state index in [0.29, 0.717) is 0 Å². The number of nitrogens with zero attached hydrogens (tertiary/aromatic N) is 3. The number of hydrogen-bond acceptors (Lipinski definition) is 3. The Balaban J connectivity index is 2.29. The van der Waals surface area contributed by atoms with Crippen LogP contribution in [0.3, 0.4) is 0 Å². The van der Waals surface area contributed by atoms with E-state index in [1.165, 1.54) is 25.9 Å². The van der Waals surface area contributed by atoms with Gasteiger partial charge in [0, 0.05) is 12.6 Å². The standard InChI is InChI=1S/C14H27N3/c1-14(2,12-15)8-6-10-17-9-5-7-13(17)11-16(3)4/h13H,5-11H2,1-4H3. The fourth-order valence-electron chi connectivity index (χ4n) is 2.60. The van der Waals surface area contributed by atoms with E-state index in [4.69, 9.17) is 5.26 Å². The Morgan fingerprint density at radius 1 is 1.41 bits per heavy atom. The minimum Gasteiger partial charge on any atom is -0.308 e. The Bertz CT molecular complexity index is 265. The molecule has 0 amide bonds. The summed E-state index contributed by atoms with van der Waals surface area (Å²) in [6.45, 7) is 7.64. The molecule has 1 heterocycles. The first-order chi connectivity index (χ1) is 7.94. The van der Waals surface area contributed by atoms with Crippen LogP contribution in [0.25, 0.3) is 0 Å². The molecule has 0 radical (unpaired) electrons. The molecule has 1 aliphatic rings. The van der Waals surface area contributed by atoms with Crippen LogP contribution in [-0.2, 0) is 0 Å². The topological polar surface area (TPSA) is 30.3 Å². The van der Waals surface area contributed by atoms with Crippen molar-refractivity contribution in [3.63, 3.8) is 0 Å². The van der Waals surface area contributed by atoms with Gasteiger partial charge < -0.3 is 4.90 Å². The van der Waals surface area contributed by atoms with Crippen LogP contribution >= 0.6 is 0 Å². The lowest BCUT2D eigenvalue weighted by Crippen LogP contribution is -2.38. The normalized spacial score (nSPS) is 22.0. The zero-order chi connectivity index (χ0) is 12.9. The first-order valence-electron chi connectivity index (χ1n) is 6.74. The quantitative estimate of drug-likeness (QED) is 0.710. The molecule has 0 N–H and O–H groups in total. The van der Waals surface area contributed by atoms with Gasteiger partial charge in [0.25, 0.3) is 0 Å². The maximum absolute atomic E-state index is 8.99.